The molecular formula is C12H11Cl2FN2. The zero-order valence-corrected chi connectivity index (χ0v) is 10.8. The van der Waals surface area contributed by atoms with Crippen LogP contribution in [0.3, 0.4) is 0 Å². The number of halogens is 3. The summed E-state index contributed by atoms with van der Waals surface area (Å²) in [6.45, 7) is 2.15. The van der Waals surface area contributed by atoms with Crippen LogP contribution in [0.15, 0.2) is 12.1 Å². The number of hydrogen-bond donors (Lipinski definition) is 0. The molecule has 0 spiro atoms. The number of hydrogen-bond acceptors (Lipinski definition) is 1. The first kappa shape index (κ1) is 11.3. The molecule has 90 valence electrons. The van der Waals surface area contributed by atoms with E-state index in [2.05, 4.69) is 16.5 Å². The van der Waals surface area contributed by atoms with Crippen molar-refractivity contribution in [1.29, 1.82) is 0 Å². The van der Waals surface area contributed by atoms with E-state index in [1.165, 1.54) is 6.07 Å². The molecule has 0 radical (unpaired) electrons. The third-order valence-electron chi connectivity index (χ3n) is 3.40. The topological polar surface area (TPSA) is 17.8 Å². The fourth-order valence-electron chi connectivity index (χ4n) is 2.22. The predicted octanol–water partition coefficient (Wildman–Crippen LogP) is 4.08. The molecule has 1 saturated carbocycles. The maximum atomic E-state index is 13.4. The standard InChI is InChI=1S/C12H11Cl2FN2/c1-12(2-3-12)17-10-4-7(14)8(15)5-9(10)16-11(17)6-13/h4-5H,2-3,6H2,1H3. The number of fused-ring (bicyclic) bond motifs is 1. The van der Waals surface area contributed by atoms with Crippen molar-refractivity contribution in [2.75, 3.05) is 0 Å². The number of imidazole rings is 1. The summed E-state index contributed by atoms with van der Waals surface area (Å²) in [5.74, 6) is 0.665. The van der Waals surface area contributed by atoms with E-state index in [0.717, 1.165) is 24.2 Å². The molecule has 0 unspecified atom stereocenters. The second-order valence-electron chi connectivity index (χ2n) is 4.75. The lowest BCUT2D eigenvalue weighted by atomic mass is 10.2. The number of benzene rings is 1. The third kappa shape index (κ3) is 1.64. The third-order valence-corrected chi connectivity index (χ3v) is 3.93. The summed E-state index contributed by atoms with van der Waals surface area (Å²) in [5.41, 5.74) is 1.56. The minimum absolute atomic E-state index is 0.0696. The minimum Gasteiger partial charge on any atom is -0.321 e. The number of rotatable bonds is 2. The minimum atomic E-state index is -0.439. The van der Waals surface area contributed by atoms with Crippen LogP contribution < -0.4 is 0 Å². The molecule has 1 heterocycles. The average Bonchev–Trinajstić information content (AvgIpc) is 2.91. The van der Waals surface area contributed by atoms with Crippen molar-refractivity contribution in [3.05, 3.63) is 28.8 Å². The van der Waals surface area contributed by atoms with E-state index in [4.69, 9.17) is 23.2 Å². The Balaban J connectivity index is 2.34. The van der Waals surface area contributed by atoms with Crippen molar-refractivity contribution in [2.45, 2.75) is 31.2 Å². The molecule has 2 nitrogen and oxygen atoms in total. The largest absolute Gasteiger partial charge is 0.321 e. The Morgan fingerprint density at radius 2 is 2.18 bits per heavy atom. The maximum Gasteiger partial charge on any atom is 0.144 e. The lowest BCUT2D eigenvalue weighted by molar-refractivity contribution is 0.531. The first-order valence-electron chi connectivity index (χ1n) is 5.48. The highest BCUT2D eigenvalue weighted by Crippen LogP contribution is 2.46. The van der Waals surface area contributed by atoms with Crippen LogP contribution in [0.4, 0.5) is 4.39 Å². The number of alkyl halides is 1. The summed E-state index contributed by atoms with van der Waals surface area (Å²) in [6, 6.07) is 3.01. The van der Waals surface area contributed by atoms with Crippen LogP contribution in [0, 0.1) is 5.82 Å². The van der Waals surface area contributed by atoms with Crippen molar-refractivity contribution >= 4 is 34.2 Å². The average molecular weight is 273 g/mol. The fourth-order valence-corrected chi connectivity index (χ4v) is 2.56. The highest BCUT2D eigenvalue weighted by Gasteiger charge is 2.41. The highest BCUT2D eigenvalue weighted by molar-refractivity contribution is 6.31. The van der Waals surface area contributed by atoms with Crippen LogP contribution in [-0.2, 0) is 11.4 Å². The smallest absolute Gasteiger partial charge is 0.144 e. The molecule has 5 heteroatoms. The van der Waals surface area contributed by atoms with E-state index in [1.54, 1.807) is 6.07 Å². The van der Waals surface area contributed by atoms with E-state index >= 15 is 0 Å². The van der Waals surface area contributed by atoms with Crippen LogP contribution in [0.25, 0.3) is 11.0 Å². The SMILES string of the molecule is CC1(n2c(CCl)nc3cc(F)c(Cl)cc32)CC1. The van der Waals surface area contributed by atoms with Crippen molar-refractivity contribution in [1.82, 2.24) is 9.55 Å². The maximum absolute atomic E-state index is 13.4. The van der Waals surface area contributed by atoms with Gasteiger partial charge in [-0.2, -0.15) is 0 Å². The molecule has 1 aliphatic carbocycles. The van der Waals surface area contributed by atoms with E-state index in [9.17, 15) is 4.39 Å². The molecule has 1 fully saturated rings. The lowest BCUT2D eigenvalue weighted by Crippen LogP contribution is -2.14. The van der Waals surface area contributed by atoms with E-state index in [0.29, 0.717) is 11.4 Å². The van der Waals surface area contributed by atoms with Crippen molar-refractivity contribution in [3.63, 3.8) is 0 Å². The molecule has 1 aliphatic rings. The van der Waals surface area contributed by atoms with Crippen LogP contribution in [0.5, 0.6) is 0 Å². The molecule has 0 N–H and O–H groups in total. The lowest BCUT2D eigenvalue weighted by Gasteiger charge is -2.15. The van der Waals surface area contributed by atoms with Gasteiger partial charge in [0.15, 0.2) is 0 Å². The number of aromatic nitrogens is 2. The molecule has 0 aliphatic heterocycles. The first-order valence-corrected chi connectivity index (χ1v) is 6.39. The predicted molar refractivity (Wildman–Crippen MR) is 67.1 cm³/mol. The highest BCUT2D eigenvalue weighted by atomic mass is 35.5. The quantitative estimate of drug-likeness (QED) is 0.754. The summed E-state index contributed by atoms with van der Waals surface area (Å²) in [5, 5.41) is 0.129. The Morgan fingerprint density at radius 3 is 2.76 bits per heavy atom. The van der Waals surface area contributed by atoms with Gasteiger partial charge in [-0.25, -0.2) is 9.37 Å². The molecular weight excluding hydrogens is 262 g/mol. The molecule has 1 aromatic heterocycles. The zero-order valence-electron chi connectivity index (χ0n) is 9.30. The molecule has 0 atom stereocenters. The van der Waals surface area contributed by atoms with E-state index < -0.39 is 5.82 Å². The molecule has 0 saturated heterocycles. The van der Waals surface area contributed by atoms with Gasteiger partial charge in [-0.3, -0.25) is 0 Å². The Morgan fingerprint density at radius 1 is 1.47 bits per heavy atom. The summed E-state index contributed by atoms with van der Waals surface area (Å²) in [4.78, 5) is 4.37. The second-order valence-corrected chi connectivity index (χ2v) is 5.42. The molecule has 0 amide bonds. The Labute approximate surface area is 108 Å². The van der Waals surface area contributed by atoms with Gasteiger partial charge in [0.25, 0.3) is 0 Å². The van der Waals surface area contributed by atoms with Crippen LogP contribution in [0.2, 0.25) is 5.02 Å². The van der Waals surface area contributed by atoms with Gasteiger partial charge in [-0.05, 0) is 25.8 Å². The van der Waals surface area contributed by atoms with Gasteiger partial charge in [0.1, 0.15) is 11.6 Å². The van der Waals surface area contributed by atoms with Crippen LogP contribution in [0.1, 0.15) is 25.6 Å². The Hall–Kier alpha value is -0.800. The van der Waals surface area contributed by atoms with E-state index in [1.807, 2.05) is 0 Å². The van der Waals surface area contributed by atoms with Gasteiger partial charge in [0.05, 0.1) is 21.9 Å². The summed E-state index contributed by atoms with van der Waals surface area (Å²) < 4.78 is 15.5. The summed E-state index contributed by atoms with van der Waals surface area (Å²) in [7, 11) is 0. The molecule has 17 heavy (non-hydrogen) atoms. The molecule has 0 bridgehead atoms. The summed E-state index contributed by atoms with van der Waals surface area (Å²) in [6.07, 6.45) is 2.19. The Bertz CT molecular complexity index is 602. The second kappa shape index (κ2) is 3.59. The molecule has 1 aromatic carbocycles. The number of nitrogens with zero attached hydrogens (tertiary/aromatic N) is 2. The van der Waals surface area contributed by atoms with Gasteiger partial charge in [-0.1, -0.05) is 11.6 Å². The molecule has 2 aromatic rings. The van der Waals surface area contributed by atoms with Crippen LogP contribution in [-0.4, -0.2) is 9.55 Å². The van der Waals surface area contributed by atoms with Gasteiger partial charge >= 0.3 is 0 Å². The zero-order chi connectivity index (χ0) is 12.2. The van der Waals surface area contributed by atoms with Gasteiger partial charge in [0.2, 0.25) is 0 Å². The van der Waals surface area contributed by atoms with Crippen molar-refractivity contribution in [3.8, 4) is 0 Å². The normalized spacial score (nSPS) is 17.6. The van der Waals surface area contributed by atoms with Crippen molar-refractivity contribution in [2.24, 2.45) is 0 Å². The van der Waals surface area contributed by atoms with Gasteiger partial charge in [-0.15, -0.1) is 11.6 Å². The molecule has 3 rings (SSSR count). The summed E-state index contributed by atoms with van der Waals surface area (Å²) >= 11 is 11.7. The van der Waals surface area contributed by atoms with Crippen LogP contribution >= 0.6 is 23.2 Å². The van der Waals surface area contributed by atoms with Gasteiger partial charge in [0, 0.05) is 11.6 Å². The Kier molecular flexibility index (Phi) is 2.39. The van der Waals surface area contributed by atoms with Gasteiger partial charge < -0.3 is 4.57 Å². The van der Waals surface area contributed by atoms with Crippen molar-refractivity contribution < 1.29 is 4.39 Å². The van der Waals surface area contributed by atoms with E-state index in [-0.39, 0.29) is 10.6 Å². The first-order chi connectivity index (χ1) is 8.05. The monoisotopic (exact) mass is 272 g/mol. The fraction of sp³-hybridized carbons (Fsp3) is 0.417.